The van der Waals surface area contributed by atoms with Gasteiger partial charge in [0.25, 0.3) is 11.6 Å². The Hall–Kier alpha value is -4.20. The number of nitrogens with zero attached hydrogens (tertiary/aromatic N) is 2. The molecule has 0 aromatic heterocycles. The summed E-state index contributed by atoms with van der Waals surface area (Å²) in [4.78, 5) is 37.6. The predicted molar refractivity (Wildman–Crippen MR) is 112 cm³/mol. The maximum atomic E-state index is 13.2. The van der Waals surface area contributed by atoms with E-state index in [0.29, 0.717) is 11.4 Å². The number of para-hydroxylation sites is 3. The van der Waals surface area contributed by atoms with Gasteiger partial charge in [0.15, 0.2) is 6.61 Å². The molecule has 156 valence electrons. The summed E-state index contributed by atoms with van der Waals surface area (Å²) in [6, 6.07) is 21.5. The first kappa shape index (κ1) is 20.1. The molecule has 0 bridgehead atoms. The number of ether oxygens (including phenoxy) is 2. The van der Waals surface area contributed by atoms with E-state index in [0.717, 1.165) is 5.56 Å². The fraction of sp³-hybridized carbons (Fsp3) is 0.130. The number of hydrogen-bond acceptors (Lipinski definition) is 6. The van der Waals surface area contributed by atoms with Gasteiger partial charge in [-0.25, -0.2) is 4.79 Å². The third kappa shape index (κ3) is 4.09. The van der Waals surface area contributed by atoms with Crippen molar-refractivity contribution in [3.05, 3.63) is 100 Å². The fourth-order valence-electron chi connectivity index (χ4n) is 3.50. The van der Waals surface area contributed by atoms with Crippen LogP contribution in [0.25, 0.3) is 0 Å². The van der Waals surface area contributed by atoms with Crippen LogP contribution in [0.15, 0.2) is 78.9 Å². The Labute approximate surface area is 177 Å². The summed E-state index contributed by atoms with van der Waals surface area (Å²) in [7, 11) is 0. The summed E-state index contributed by atoms with van der Waals surface area (Å²) in [5.74, 6) is -0.844. The molecule has 0 N–H and O–H groups in total. The Morgan fingerprint density at radius 2 is 1.68 bits per heavy atom. The van der Waals surface area contributed by atoms with Crippen LogP contribution in [0.4, 0.5) is 11.4 Å². The third-order valence-electron chi connectivity index (χ3n) is 4.93. The highest BCUT2D eigenvalue weighted by molar-refractivity contribution is 6.00. The van der Waals surface area contributed by atoms with Crippen molar-refractivity contribution < 1.29 is 24.0 Å². The van der Waals surface area contributed by atoms with Crippen LogP contribution in [0.3, 0.4) is 0 Å². The molecule has 0 radical (unpaired) electrons. The zero-order valence-electron chi connectivity index (χ0n) is 16.3. The number of rotatable bonds is 5. The molecule has 3 aromatic carbocycles. The molecule has 3 aromatic rings. The number of amides is 1. The van der Waals surface area contributed by atoms with Crippen LogP contribution in [0.2, 0.25) is 0 Å². The van der Waals surface area contributed by atoms with E-state index in [1.165, 1.54) is 24.3 Å². The van der Waals surface area contributed by atoms with Gasteiger partial charge in [-0.05, 0) is 23.8 Å². The summed E-state index contributed by atoms with van der Waals surface area (Å²) in [6.45, 7) is -0.326. The highest BCUT2D eigenvalue weighted by Gasteiger charge is 2.34. The van der Waals surface area contributed by atoms with E-state index < -0.39 is 29.4 Å². The highest BCUT2D eigenvalue weighted by Crippen LogP contribution is 2.39. The normalized spacial score (nSPS) is 14.8. The number of benzene rings is 3. The van der Waals surface area contributed by atoms with Crippen molar-refractivity contribution in [1.29, 1.82) is 0 Å². The second-order valence-corrected chi connectivity index (χ2v) is 6.82. The number of hydrogen-bond donors (Lipinski definition) is 0. The second-order valence-electron chi connectivity index (χ2n) is 6.82. The molecule has 1 unspecified atom stereocenters. The van der Waals surface area contributed by atoms with Gasteiger partial charge < -0.3 is 9.47 Å². The van der Waals surface area contributed by atoms with Crippen molar-refractivity contribution in [2.75, 3.05) is 18.1 Å². The third-order valence-corrected chi connectivity index (χ3v) is 4.93. The van der Waals surface area contributed by atoms with Crippen LogP contribution in [-0.4, -0.2) is 30.0 Å². The number of nitro benzene ring substituents is 1. The maximum absolute atomic E-state index is 13.2. The quantitative estimate of drug-likeness (QED) is 0.354. The molecule has 1 amide bonds. The summed E-state index contributed by atoms with van der Waals surface area (Å²) >= 11 is 0. The van der Waals surface area contributed by atoms with Crippen molar-refractivity contribution in [2.24, 2.45) is 0 Å². The monoisotopic (exact) mass is 418 g/mol. The van der Waals surface area contributed by atoms with Crippen LogP contribution < -0.4 is 9.64 Å². The lowest BCUT2D eigenvalue weighted by Crippen LogP contribution is -2.43. The number of fused-ring (bicyclic) bond motifs is 1. The van der Waals surface area contributed by atoms with E-state index in [4.69, 9.17) is 9.47 Å². The first-order valence-electron chi connectivity index (χ1n) is 9.55. The highest BCUT2D eigenvalue weighted by atomic mass is 16.6. The van der Waals surface area contributed by atoms with Crippen LogP contribution in [0.1, 0.15) is 22.0 Å². The standard InChI is InChI=1S/C23H18N2O6/c26-22(15-31-23(27)17-10-4-5-11-18(17)25(28)29)24-19-12-6-7-13-21(19)30-14-20(24)16-8-2-1-3-9-16/h1-13,20H,14-15H2. The lowest BCUT2D eigenvalue weighted by Gasteiger charge is -2.37. The molecule has 0 saturated heterocycles. The van der Waals surface area contributed by atoms with Gasteiger partial charge in [0.1, 0.15) is 17.9 Å². The van der Waals surface area contributed by atoms with Crippen LogP contribution in [-0.2, 0) is 9.53 Å². The zero-order valence-corrected chi connectivity index (χ0v) is 16.3. The Morgan fingerprint density at radius 3 is 2.45 bits per heavy atom. The second kappa shape index (κ2) is 8.66. The number of anilines is 1. The van der Waals surface area contributed by atoms with E-state index in [1.54, 1.807) is 29.2 Å². The topological polar surface area (TPSA) is 99.0 Å². The zero-order chi connectivity index (χ0) is 21.8. The van der Waals surface area contributed by atoms with Crippen molar-refractivity contribution in [3.63, 3.8) is 0 Å². The molecule has 31 heavy (non-hydrogen) atoms. The number of carbonyl (C=O) groups excluding carboxylic acids is 2. The van der Waals surface area contributed by atoms with Gasteiger partial charge in [-0.15, -0.1) is 0 Å². The summed E-state index contributed by atoms with van der Waals surface area (Å²) in [5, 5.41) is 11.2. The van der Waals surface area contributed by atoms with Crippen molar-refractivity contribution in [1.82, 2.24) is 0 Å². The molecule has 0 fully saturated rings. The van der Waals surface area contributed by atoms with Gasteiger partial charge >= 0.3 is 5.97 Å². The predicted octanol–water partition coefficient (Wildman–Crippen LogP) is 3.92. The van der Waals surface area contributed by atoms with Crippen molar-refractivity contribution in [3.8, 4) is 5.75 Å². The van der Waals surface area contributed by atoms with E-state index in [2.05, 4.69) is 0 Å². The van der Waals surface area contributed by atoms with E-state index in [1.807, 2.05) is 30.3 Å². The van der Waals surface area contributed by atoms with Gasteiger partial charge in [0.05, 0.1) is 16.7 Å². The van der Waals surface area contributed by atoms with Gasteiger partial charge in [-0.1, -0.05) is 54.6 Å². The molecule has 4 rings (SSSR count). The number of esters is 1. The Balaban J connectivity index is 1.58. The van der Waals surface area contributed by atoms with Crippen LogP contribution >= 0.6 is 0 Å². The summed E-state index contributed by atoms with van der Waals surface area (Å²) in [5.41, 5.74) is 0.853. The lowest BCUT2D eigenvalue weighted by atomic mass is 10.0. The smallest absolute Gasteiger partial charge is 0.345 e. The van der Waals surface area contributed by atoms with Crippen LogP contribution in [0.5, 0.6) is 5.75 Å². The molecule has 8 heteroatoms. The van der Waals surface area contributed by atoms with E-state index in [9.17, 15) is 19.7 Å². The lowest BCUT2D eigenvalue weighted by molar-refractivity contribution is -0.385. The van der Waals surface area contributed by atoms with E-state index in [-0.39, 0.29) is 17.9 Å². The minimum atomic E-state index is -0.932. The number of carbonyl (C=O) groups is 2. The summed E-state index contributed by atoms with van der Waals surface area (Å²) < 4.78 is 11.0. The molecule has 0 spiro atoms. The van der Waals surface area contributed by atoms with Crippen molar-refractivity contribution in [2.45, 2.75) is 6.04 Å². The first-order chi connectivity index (χ1) is 15.1. The van der Waals surface area contributed by atoms with Gasteiger partial charge in [0.2, 0.25) is 0 Å². The summed E-state index contributed by atoms with van der Waals surface area (Å²) in [6.07, 6.45) is 0. The first-order valence-corrected chi connectivity index (χ1v) is 9.55. The Kier molecular flexibility index (Phi) is 5.61. The molecule has 1 aliphatic heterocycles. The largest absolute Gasteiger partial charge is 0.489 e. The minimum absolute atomic E-state index is 0.206. The molecular formula is C23H18N2O6. The van der Waals surface area contributed by atoms with Gasteiger partial charge in [-0.2, -0.15) is 0 Å². The average molecular weight is 418 g/mol. The molecule has 0 aliphatic carbocycles. The molecule has 8 nitrogen and oxygen atoms in total. The molecule has 1 atom stereocenters. The Bertz CT molecular complexity index is 1130. The SMILES string of the molecule is O=C(OCC(=O)N1c2ccccc2OCC1c1ccccc1)c1ccccc1[N+](=O)[O-]. The van der Waals surface area contributed by atoms with Crippen molar-refractivity contribution >= 4 is 23.3 Å². The Morgan fingerprint density at radius 1 is 1.00 bits per heavy atom. The fourth-order valence-corrected chi connectivity index (χ4v) is 3.50. The van der Waals surface area contributed by atoms with Gasteiger partial charge in [-0.3, -0.25) is 19.8 Å². The van der Waals surface area contributed by atoms with Gasteiger partial charge in [0, 0.05) is 6.07 Å². The van der Waals surface area contributed by atoms with Crippen LogP contribution in [0, 0.1) is 10.1 Å². The average Bonchev–Trinajstić information content (AvgIpc) is 2.82. The molecule has 1 heterocycles. The van der Waals surface area contributed by atoms with E-state index >= 15 is 0 Å². The molecule has 1 aliphatic rings. The maximum Gasteiger partial charge on any atom is 0.345 e. The minimum Gasteiger partial charge on any atom is -0.489 e. The molecule has 0 saturated carbocycles. The molecular weight excluding hydrogens is 400 g/mol. The number of nitro groups is 1.